The Balaban J connectivity index is 1.71. The quantitative estimate of drug-likeness (QED) is 0.285. The maximum Gasteiger partial charge on any atom is 0.280 e. The summed E-state index contributed by atoms with van der Waals surface area (Å²) in [6, 6.07) is 23.1. The van der Waals surface area contributed by atoms with Gasteiger partial charge in [-0.15, -0.1) is 6.58 Å². The molecule has 5 aromatic rings. The molecule has 2 heterocycles. The second-order valence-corrected chi connectivity index (χ2v) is 8.82. The largest absolute Gasteiger partial charge is 0.493 e. The predicted octanol–water partition coefficient (Wildman–Crippen LogP) is 5.86. The van der Waals surface area contributed by atoms with E-state index >= 15 is 0 Å². The van der Waals surface area contributed by atoms with Gasteiger partial charge in [-0.25, -0.2) is 4.98 Å². The van der Waals surface area contributed by atoms with Crippen molar-refractivity contribution in [2.24, 2.45) is 4.99 Å². The molecule has 0 bridgehead atoms. The topological polar surface area (TPSA) is 65.7 Å². The van der Waals surface area contributed by atoms with E-state index in [4.69, 9.17) is 14.5 Å². The van der Waals surface area contributed by atoms with Gasteiger partial charge in [0, 0.05) is 29.6 Å². The number of carbonyl (C=O) groups excluding carboxylic acids is 1. The highest BCUT2D eigenvalue weighted by Gasteiger charge is 2.16. The third-order valence-corrected chi connectivity index (χ3v) is 6.75. The number of carbonyl (C=O) groups is 1. The van der Waals surface area contributed by atoms with E-state index in [1.807, 2.05) is 77.4 Å². The Kier molecular flexibility index (Phi) is 6.16. The number of rotatable bonds is 6. The van der Waals surface area contributed by atoms with Crippen LogP contribution in [0.3, 0.4) is 0 Å². The first-order valence-corrected chi connectivity index (χ1v) is 11.8. The van der Waals surface area contributed by atoms with Gasteiger partial charge in [-0.05, 0) is 12.1 Å². The Bertz CT molecular complexity index is 1630. The van der Waals surface area contributed by atoms with E-state index in [0.29, 0.717) is 28.4 Å². The average molecular weight is 482 g/mol. The Morgan fingerprint density at radius 2 is 1.74 bits per heavy atom. The van der Waals surface area contributed by atoms with Crippen LogP contribution >= 0.6 is 11.3 Å². The number of fused-ring (bicyclic) bond motifs is 2. The maximum atomic E-state index is 13.6. The molecule has 0 saturated heterocycles. The van der Waals surface area contributed by atoms with E-state index < -0.39 is 0 Å². The van der Waals surface area contributed by atoms with Gasteiger partial charge in [0.15, 0.2) is 16.3 Å². The Hall–Kier alpha value is -4.23. The highest BCUT2D eigenvalue weighted by molar-refractivity contribution is 7.16. The normalized spacial score (nSPS) is 11.7. The van der Waals surface area contributed by atoms with Crippen molar-refractivity contribution in [2.75, 3.05) is 14.2 Å². The minimum atomic E-state index is -0.330. The molecule has 0 aliphatic carbocycles. The lowest BCUT2D eigenvalue weighted by Gasteiger charge is -2.09. The number of para-hydroxylation sites is 1. The van der Waals surface area contributed by atoms with Gasteiger partial charge in [-0.3, -0.25) is 4.79 Å². The molecule has 35 heavy (non-hydrogen) atoms. The number of amides is 1. The molecule has 3 aromatic carbocycles. The summed E-state index contributed by atoms with van der Waals surface area (Å²) >= 11 is 1.42. The lowest BCUT2D eigenvalue weighted by Crippen LogP contribution is -2.16. The Labute approximate surface area is 206 Å². The third-order valence-electron chi connectivity index (χ3n) is 5.71. The molecule has 0 aliphatic rings. The summed E-state index contributed by atoms with van der Waals surface area (Å²) in [4.78, 5) is 23.5. The zero-order valence-corrected chi connectivity index (χ0v) is 20.2. The number of benzene rings is 3. The first-order chi connectivity index (χ1) is 17.1. The van der Waals surface area contributed by atoms with Gasteiger partial charge in [-0.2, -0.15) is 4.99 Å². The molecule has 2 aromatic heterocycles. The van der Waals surface area contributed by atoms with E-state index in [-0.39, 0.29) is 5.91 Å². The van der Waals surface area contributed by atoms with Gasteiger partial charge in [-0.1, -0.05) is 65.9 Å². The SMILES string of the molecule is C=CCn1c(=NC(=O)c2cc(-c3ccccc3)nc3ccccc23)sc2cc(OC)c(OC)cc21. The molecule has 5 rings (SSSR count). The average Bonchev–Trinajstić information content (AvgIpc) is 3.23. The van der Waals surface area contributed by atoms with Crippen molar-refractivity contribution in [3.05, 3.63) is 95.8 Å². The molecule has 0 N–H and O–H groups in total. The highest BCUT2D eigenvalue weighted by Crippen LogP contribution is 2.33. The molecule has 0 aliphatic heterocycles. The molecule has 174 valence electrons. The first kappa shape index (κ1) is 22.6. The summed E-state index contributed by atoms with van der Waals surface area (Å²) in [5.41, 5.74) is 3.82. The van der Waals surface area contributed by atoms with E-state index in [0.717, 1.165) is 32.4 Å². The van der Waals surface area contributed by atoms with Gasteiger partial charge in [0.2, 0.25) is 0 Å². The molecular weight excluding hydrogens is 458 g/mol. The van der Waals surface area contributed by atoms with Crippen molar-refractivity contribution in [1.29, 1.82) is 0 Å². The molecule has 0 radical (unpaired) electrons. The van der Waals surface area contributed by atoms with Gasteiger partial charge in [0.1, 0.15) is 0 Å². The summed E-state index contributed by atoms with van der Waals surface area (Å²) < 4.78 is 13.8. The van der Waals surface area contributed by atoms with Crippen molar-refractivity contribution in [3.63, 3.8) is 0 Å². The number of hydrogen-bond donors (Lipinski definition) is 0. The minimum absolute atomic E-state index is 0.330. The third kappa shape index (κ3) is 4.22. The van der Waals surface area contributed by atoms with Crippen LogP contribution in [-0.4, -0.2) is 29.7 Å². The molecule has 0 saturated carbocycles. The number of hydrogen-bond acceptors (Lipinski definition) is 5. The van der Waals surface area contributed by atoms with Crippen LogP contribution in [0.4, 0.5) is 0 Å². The lowest BCUT2D eigenvalue weighted by molar-refractivity contribution is 0.0999. The number of thiazole rings is 1. The molecule has 1 amide bonds. The number of aromatic nitrogens is 2. The zero-order valence-electron chi connectivity index (χ0n) is 19.4. The molecule has 6 nitrogen and oxygen atoms in total. The molecule has 0 fully saturated rings. The van der Waals surface area contributed by atoms with Crippen molar-refractivity contribution in [2.45, 2.75) is 6.54 Å². The monoisotopic (exact) mass is 481 g/mol. The van der Waals surface area contributed by atoms with Crippen LogP contribution in [0.5, 0.6) is 11.5 Å². The fourth-order valence-electron chi connectivity index (χ4n) is 4.04. The van der Waals surface area contributed by atoms with Crippen LogP contribution < -0.4 is 14.3 Å². The van der Waals surface area contributed by atoms with Crippen LogP contribution in [0.15, 0.2) is 90.4 Å². The van der Waals surface area contributed by atoms with Gasteiger partial charge >= 0.3 is 0 Å². The number of methoxy groups -OCH3 is 2. The van der Waals surface area contributed by atoms with Crippen LogP contribution in [0.25, 0.3) is 32.4 Å². The second-order valence-electron chi connectivity index (χ2n) is 7.81. The van der Waals surface area contributed by atoms with Crippen LogP contribution in [-0.2, 0) is 6.54 Å². The molecule has 7 heteroatoms. The highest BCUT2D eigenvalue weighted by atomic mass is 32.1. The first-order valence-electron chi connectivity index (χ1n) is 11.0. The predicted molar refractivity (Wildman–Crippen MR) is 140 cm³/mol. The fourth-order valence-corrected chi connectivity index (χ4v) is 5.09. The van der Waals surface area contributed by atoms with Crippen molar-refractivity contribution in [3.8, 4) is 22.8 Å². The summed E-state index contributed by atoms with van der Waals surface area (Å²) in [6.07, 6.45) is 1.78. The van der Waals surface area contributed by atoms with Crippen LogP contribution in [0.2, 0.25) is 0 Å². The van der Waals surface area contributed by atoms with Crippen molar-refractivity contribution < 1.29 is 14.3 Å². The summed E-state index contributed by atoms with van der Waals surface area (Å²) in [6.45, 7) is 4.37. The maximum absolute atomic E-state index is 13.6. The van der Waals surface area contributed by atoms with Gasteiger partial charge < -0.3 is 14.0 Å². The Morgan fingerprint density at radius 1 is 1.03 bits per heavy atom. The van der Waals surface area contributed by atoms with E-state index in [1.165, 1.54) is 11.3 Å². The second kappa shape index (κ2) is 9.56. The number of nitrogens with zero attached hydrogens (tertiary/aromatic N) is 3. The van der Waals surface area contributed by atoms with E-state index in [2.05, 4.69) is 11.6 Å². The fraction of sp³-hybridized carbons (Fsp3) is 0.107. The minimum Gasteiger partial charge on any atom is -0.493 e. The molecule has 0 spiro atoms. The summed E-state index contributed by atoms with van der Waals surface area (Å²) in [5, 5.41) is 0.764. The molecular formula is C28H23N3O3S. The van der Waals surface area contributed by atoms with Crippen molar-refractivity contribution in [1.82, 2.24) is 9.55 Å². The van der Waals surface area contributed by atoms with Gasteiger partial charge in [0.25, 0.3) is 5.91 Å². The van der Waals surface area contributed by atoms with Gasteiger partial charge in [0.05, 0.1) is 41.2 Å². The summed E-state index contributed by atoms with van der Waals surface area (Å²) in [7, 11) is 3.20. The van der Waals surface area contributed by atoms with E-state index in [9.17, 15) is 4.79 Å². The van der Waals surface area contributed by atoms with Crippen LogP contribution in [0.1, 0.15) is 10.4 Å². The number of ether oxygens (including phenoxy) is 2. The lowest BCUT2D eigenvalue weighted by atomic mass is 10.0. The Morgan fingerprint density at radius 3 is 2.49 bits per heavy atom. The molecule has 0 unspecified atom stereocenters. The zero-order chi connectivity index (χ0) is 24.4. The molecule has 0 atom stereocenters. The number of pyridine rings is 1. The number of allylic oxidation sites excluding steroid dienone is 1. The van der Waals surface area contributed by atoms with Crippen molar-refractivity contribution >= 4 is 38.4 Å². The van der Waals surface area contributed by atoms with E-state index in [1.54, 1.807) is 20.3 Å². The van der Waals surface area contributed by atoms with Crippen LogP contribution in [0, 0.1) is 0 Å². The smallest absolute Gasteiger partial charge is 0.280 e. The summed E-state index contributed by atoms with van der Waals surface area (Å²) in [5.74, 6) is 0.905. The standard InChI is InChI=1S/C28H23N3O3S/c1-4-14-31-23-16-24(33-2)25(34-3)17-26(23)35-28(31)30-27(32)20-15-22(18-10-6-5-7-11-18)29-21-13-9-8-12-19(20)21/h4-13,15-17H,1,14H2,2-3H3.